The number of rotatable bonds is 7. The van der Waals surface area contributed by atoms with Crippen LogP contribution in [0.15, 0.2) is 48.5 Å². The van der Waals surface area contributed by atoms with Crippen LogP contribution in [0.1, 0.15) is 36.3 Å². The number of ether oxygens (including phenoxy) is 1. The zero-order valence-corrected chi connectivity index (χ0v) is 19.2. The monoisotopic (exact) mass is 486 g/mol. The second-order valence-corrected chi connectivity index (χ2v) is 10.8. The van der Waals surface area contributed by atoms with Gasteiger partial charge in [-0.2, -0.15) is 0 Å². The number of hydrogen-bond donors (Lipinski definition) is 3. The molecule has 1 aliphatic heterocycles. The molecule has 0 aromatic heterocycles. The second kappa shape index (κ2) is 9.84. The number of carboxylic acid groups (broad SMARTS) is 1. The highest BCUT2D eigenvalue weighted by atomic mass is 32.2. The maximum Gasteiger partial charge on any atom is 0.407 e. The molecule has 0 bridgehead atoms. The van der Waals surface area contributed by atoms with Gasteiger partial charge in [-0.1, -0.05) is 48.5 Å². The first-order valence-corrected chi connectivity index (χ1v) is 12.9. The summed E-state index contributed by atoms with van der Waals surface area (Å²) in [5.41, 5.74) is 4.18. The SMILES string of the molecule is O=C(O)CC(NC(=O)OCC1c2ccccc2-c2ccccc21)C(=O)NC1CCCS(=O)(=O)C1. The Labute approximate surface area is 197 Å². The number of amides is 2. The van der Waals surface area contributed by atoms with Crippen LogP contribution < -0.4 is 10.6 Å². The first-order chi connectivity index (χ1) is 16.2. The average Bonchev–Trinajstić information content (AvgIpc) is 3.10. The molecule has 1 fully saturated rings. The van der Waals surface area contributed by atoms with Crippen molar-refractivity contribution in [2.24, 2.45) is 0 Å². The number of alkyl carbamates (subject to hydrolysis) is 1. The minimum atomic E-state index is -3.26. The topological polar surface area (TPSA) is 139 Å². The van der Waals surface area contributed by atoms with E-state index in [1.54, 1.807) is 0 Å². The van der Waals surface area contributed by atoms with Crippen LogP contribution in [-0.4, -0.2) is 61.7 Å². The third kappa shape index (κ3) is 5.39. The van der Waals surface area contributed by atoms with Crippen molar-refractivity contribution in [1.82, 2.24) is 10.6 Å². The first kappa shape index (κ1) is 23.7. The number of aliphatic carboxylic acids is 1. The summed E-state index contributed by atoms with van der Waals surface area (Å²) in [5.74, 6) is -2.36. The minimum Gasteiger partial charge on any atom is -0.481 e. The molecule has 180 valence electrons. The zero-order valence-electron chi connectivity index (χ0n) is 18.4. The highest BCUT2D eigenvalue weighted by Gasteiger charge is 2.32. The molecule has 34 heavy (non-hydrogen) atoms. The lowest BCUT2D eigenvalue weighted by Crippen LogP contribution is -2.53. The Morgan fingerprint density at radius 1 is 1.03 bits per heavy atom. The van der Waals surface area contributed by atoms with Crippen LogP contribution >= 0.6 is 0 Å². The Balaban J connectivity index is 1.40. The van der Waals surface area contributed by atoms with Crippen molar-refractivity contribution in [2.75, 3.05) is 18.1 Å². The van der Waals surface area contributed by atoms with E-state index in [-0.39, 0.29) is 24.0 Å². The van der Waals surface area contributed by atoms with Crippen molar-refractivity contribution in [2.45, 2.75) is 37.3 Å². The molecule has 2 aliphatic rings. The van der Waals surface area contributed by atoms with Crippen LogP contribution in [0.4, 0.5) is 4.79 Å². The number of carbonyl (C=O) groups excluding carboxylic acids is 2. The van der Waals surface area contributed by atoms with Gasteiger partial charge in [0.1, 0.15) is 12.6 Å². The minimum absolute atomic E-state index is 0.0160. The fourth-order valence-electron chi connectivity index (χ4n) is 4.60. The molecule has 2 aromatic rings. The third-order valence-corrected chi connectivity index (χ3v) is 7.96. The number of hydrogen-bond acceptors (Lipinski definition) is 6. The quantitative estimate of drug-likeness (QED) is 0.544. The van der Waals surface area contributed by atoms with Gasteiger partial charge in [-0.25, -0.2) is 13.2 Å². The van der Waals surface area contributed by atoms with Gasteiger partial charge in [0.15, 0.2) is 9.84 Å². The average molecular weight is 487 g/mol. The zero-order chi connectivity index (χ0) is 24.3. The molecule has 10 heteroatoms. The van der Waals surface area contributed by atoms with E-state index in [1.807, 2.05) is 48.5 Å². The molecule has 1 saturated heterocycles. The Morgan fingerprint density at radius 2 is 1.65 bits per heavy atom. The highest BCUT2D eigenvalue weighted by molar-refractivity contribution is 7.91. The van der Waals surface area contributed by atoms with Crippen LogP contribution in [0.5, 0.6) is 0 Å². The van der Waals surface area contributed by atoms with Gasteiger partial charge in [-0.05, 0) is 35.1 Å². The summed E-state index contributed by atoms with van der Waals surface area (Å²) in [5, 5.41) is 14.1. The molecule has 2 amide bonds. The largest absolute Gasteiger partial charge is 0.481 e. The lowest BCUT2D eigenvalue weighted by Gasteiger charge is -2.25. The lowest BCUT2D eigenvalue weighted by molar-refractivity contribution is -0.140. The molecule has 2 unspecified atom stereocenters. The molecule has 3 N–H and O–H groups in total. The lowest BCUT2D eigenvalue weighted by atomic mass is 9.98. The van der Waals surface area contributed by atoms with Crippen LogP contribution in [0.25, 0.3) is 11.1 Å². The number of nitrogens with one attached hydrogen (secondary N) is 2. The standard InChI is InChI=1S/C24H26N2O7S/c27-22(28)12-21(23(29)25-15-6-5-11-34(31,32)14-15)26-24(30)33-13-20-18-9-3-1-7-16(18)17-8-2-4-10-19(17)20/h1-4,7-10,15,20-21H,5-6,11-14H2,(H,25,29)(H,26,30)(H,27,28). The molecule has 2 atom stereocenters. The van der Waals surface area contributed by atoms with Gasteiger partial charge in [0.2, 0.25) is 5.91 Å². The summed E-state index contributed by atoms with van der Waals surface area (Å²) in [6, 6.07) is 13.7. The molecule has 1 heterocycles. The van der Waals surface area contributed by atoms with Gasteiger partial charge in [0.25, 0.3) is 0 Å². The molecule has 0 saturated carbocycles. The predicted molar refractivity (Wildman–Crippen MR) is 124 cm³/mol. The fraction of sp³-hybridized carbons (Fsp3) is 0.375. The Kier molecular flexibility index (Phi) is 6.87. The van der Waals surface area contributed by atoms with E-state index < -0.39 is 46.3 Å². The summed E-state index contributed by atoms with van der Waals surface area (Å²) in [4.78, 5) is 36.4. The van der Waals surface area contributed by atoms with E-state index in [2.05, 4.69) is 10.6 Å². The maximum absolute atomic E-state index is 12.6. The van der Waals surface area contributed by atoms with Crippen LogP contribution in [0.3, 0.4) is 0 Å². The van der Waals surface area contributed by atoms with Crippen LogP contribution in [0, 0.1) is 0 Å². The number of fused-ring (bicyclic) bond motifs is 3. The Bertz CT molecular complexity index is 1170. The first-order valence-electron chi connectivity index (χ1n) is 11.1. The molecule has 2 aromatic carbocycles. The molecular weight excluding hydrogens is 460 g/mol. The summed E-state index contributed by atoms with van der Waals surface area (Å²) in [7, 11) is -3.26. The number of carbonyl (C=O) groups is 3. The van der Waals surface area contributed by atoms with Gasteiger partial charge in [-0.3, -0.25) is 9.59 Å². The van der Waals surface area contributed by atoms with Crippen molar-refractivity contribution in [3.05, 3.63) is 59.7 Å². The van der Waals surface area contributed by atoms with Crippen LogP contribution in [-0.2, 0) is 24.2 Å². The van der Waals surface area contributed by atoms with Crippen molar-refractivity contribution < 1.29 is 32.6 Å². The van der Waals surface area contributed by atoms with Crippen molar-refractivity contribution in [3.8, 4) is 11.1 Å². The van der Waals surface area contributed by atoms with Crippen molar-refractivity contribution >= 4 is 27.8 Å². The van der Waals surface area contributed by atoms with Crippen LogP contribution in [0.2, 0.25) is 0 Å². The summed E-state index contributed by atoms with van der Waals surface area (Å²) in [6.07, 6.45) is -0.693. The van der Waals surface area contributed by atoms with Gasteiger partial charge in [0.05, 0.1) is 17.9 Å². The summed E-state index contributed by atoms with van der Waals surface area (Å²) in [6.45, 7) is 0.0160. The normalized spacial score (nSPS) is 19.4. The number of sulfone groups is 1. The van der Waals surface area contributed by atoms with Crippen molar-refractivity contribution in [1.29, 1.82) is 0 Å². The highest BCUT2D eigenvalue weighted by Crippen LogP contribution is 2.44. The van der Waals surface area contributed by atoms with Crippen molar-refractivity contribution in [3.63, 3.8) is 0 Å². The number of carboxylic acids is 1. The fourth-order valence-corrected chi connectivity index (χ4v) is 6.24. The Morgan fingerprint density at radius 3 is 2.24 bits per heavy atom. The predicted octanol–water partition coefficient (Wildman–Crippen LogP) is 2.06. The van der Waals surface area contributed by atoms with E-state index in [0.29, 0.717) is 12.8 Å². The summed E-state index contributed by atoms with van der Waals surface area (Å²) < 4.78 is 29.0. The van der Waals surface area contributed by atoms with E-state index in [9.17, 15) is 27.9 Å². The van der Waals surface area contributed by atoms with Gasteiger partial charge < -0.3 is 20.5 Å². The molecule has 1 aliphatic carbocycles. The Hall–Kier alpha value is -3.40. The molecule has 9 nitrogen and oxygen atoms in total. The second-order valence-electron chi connectivity index (χ2n) is 8.58. The van der Waals surface area contributed by atoms with Gasteiger partial charge in [0, 0.05) is 12.0 Å². The van der Waals surface area contributed by atoms with E-state index in [1.165, 1.54) is 0 Å². The van der Waals surface area contributed by atoms with E-state index in [0.717, 1.165) is 22.3 Å². The molecule has 4 rings (SSSR count). The maximum atomic E-state index is 12.6. The molecule has 0 radical (unpaired) electrons. The van der Waals surface area contributed by atoms with E-state index in [4.69, 9.17) is 4.74 Å². The smallest absolute Gasteiger partial charge is 0.407 e. The van der Waals surface area contributed by atoms with E-state index >= 15 is 0 Å². The third-order valence-electron chi connectivity index (χ3n) is 6.14. The molecular formula is C24H26N2O7S. The molecule has 0 spiro atoms. The van der Waals surface area contributed by atoms with Gasteiger partial charge in [-0.15, -0.1) is 0 Å². The summed E-state index contributed by atoms with van der Waals surface area (Å²) >= 11 is 0. The number of benzene rings is 2. The van der Waals surface area contributed by atoms with Gasteiger partial charge >= 0.3 is 12.1 Å².